The molecule has 5 heteroatoms. The molecule has 19 heavy (non-hydrogen) atoms. The Morgan fingerprint density at radius 1 is 1.05 bits per heavy atom. The first-order chi connectivity index (χ1) is 9.22. The third-order valence-electron chi connectivity index (χ3n) is 2.81. The van der Waals surface area contributed by atoms with Gasteiger partial charge in [0.25, 0.3) is 0 Å². The van der Waals surface area contributed by atoms with Gasteiger partial charge >= 0.3 is 0 Å². The van der Waals surface area contributed by atoms with Crippen molar-refractivity contribution >= 4 is 11.6 Å². The minimum absolute atomic E-state index is 0.538. The molecule has 1 N–H and O–H groups in total. The summed E-state index contributed by atoms with van der Waals surface area (Å²) in [5, 5.41) is 14.6. The third-order valence-corrected chi connectivity index (χ3v) is 3.04. The Labute approximate surface area is 115 Å². The zero-order chi connectivity index (χ0) is 13.7. The highest BCUT2D eigenvalue weighted by Gasteiger charge is 2.21. The average molecular weight is 274 g/mol. The lowest BCUT2D eigenvalue weighted by molar-refractivity contribution is 0.147. The lowest BCUT2D eigenvalue weighted by Gasteiger charge is -2.19. The summed E-state index contributed by atoms with van der Waals surface area (Å²) in [5.41, 5.74) is 10.1. The zero-order valence-electron chi connectivity index (χ0n) is 10.0. The van der Waals surface area contributed by atoms with Crippen LogP contribution in [-0.2, 0) is 0 Å². The van der Waals surface area contributed by atoms with Gasteiger partial charge in [0.1, 0.15) is 0 Å². The van der Waals surface area contributed by atoms with Crippen LogP contribution in [0.3, 0.4) is 0 Å². The van der Waals surface area contributed by atoms with Gasteiger partial charge in [-0.2, -0.15) is 0 Å². The highest BCUT2D eigenvalue weighted by atomic mass is 35.5. The summed E-state index contributed by atoms with van der Waals surface area (Å²) in [6, 6.07) is 15.3. The summed E-state index contributed by atoms with van der Waals surface area (Å²) in [6.07, 6.45) is -0.907. The van der Waals surface area contributed by atoms with E-state index in [1.165, 1.54) is 0 Å². The molecule has 2 atom stereocenters. The summed E-state index contributed by atoms with van der Waals surface area (Å²) in [5.74, 6) is 0. The maximum absolute atomic E-state index is 10.3. The lowest BCUT2D eigenvalue weighted by Crippen LogP contribution is -2.08. The van der Waals surface area contributed by atoms with Crippen LogP contribution in [0, 0.1) is 0 Å². The summed E-state index contributed by atoms with van der Waals surface area (Å²) in [7, 11) is 0. The normalized spacial score (nSPS) is 13.4. The van der Waals surface area contributed by atoms with Crippen molar-refractivity contribution in [3.63, 3.8) is 0 Å². The summed E-state index contributed by atoms with van der Waals surface area (Å²) < 4.78 is 0. The molecule has 2 aromatic rings. The second-order valence-corrected chi connectivity index (χ2v) is 4.50. The molecule has 0 fully saturated rings. The minimum atomic E-state index is -0.907. The van der Waals surface area contributed by atoms with Crippen molar-refractivity contribution < 1.29 is 5.11 Å². The fourth-order valence-electron chi connectivity index (χ4n) is 1.89. The predicted octanol–water partition coefficient (Wildman–Crippen LogP) is 4.43. The maximum Gasteiger partial charge on any atom is 0.0927 e. The first kappa shape index (κ1) is 13.4. The number of hydrogen-bond acceptors (Lipinski definition) is 2. The van der Waals surface area contributed by atoms with Crippen LogP contribution in [0.2, 0.25) is 5.02 Å². The molecule has 0 aromatic heterocycles. The molecule has 2 aromatic carbocycles. The van der Waals surface area contributed by atoms with E-state index in [4.69, 9.17) is 17.1 Å². The van der Waals surface area contributed by atoms with Crippen LogP contribution >= 0.6 is 11.6 Å². The second-order valence-electron chi connectivity index (χ2n) is 4.06. The number of benzene rings is 2. The van der Waals surface area contributed by atoms with Gasteiger partial charge in [-0.25, -0.2) is 0 Å². The second kappa shape index (κ2) is 6.25. The number of aliphatic hydroxyl groups is 1. The maximum atomic E-state index is 10.3. The SMILES string of the molecule is [N-]=[N+]=N[C@H](c1cccc(Cl)c1)[C@@H](O)c1ccccc1. The first-order valence-corrected chi connectivity index (χ1v) is 6.13. The van der Waals surface area contributed by atoms with Crippen molar-refractivity contribution in [3.05, 3.63) is 81.2 Å². The largest absolute Gasteiger partial charge is 0.388 e. The average Bonchev–Trinajstić information content (AvgIpc) is 2.45. The molecule has 96 valence electrons. The smallest absolute Gasteiger partial charge is 0.0927 e. The predicted molar refractivity (Wildman–Crippen MR) is 74.7 cm³/mol. The van der Waals surface area contributed by atoms with Gasteiger partial charge in [0.15, 0.2) is 0 Å². The zero-order valence-corrected chi connectivity index (χ0v) is 10.8. The van der Waals surface area contributed by atoms with Gasteiger partial charge < -0.3 is 5.11 Å². The van der Waals surface area contributed by atoms with E-state index in [0.717, 1.165) is 0 Å². The molecular formula is C14H12ClN3O. The van der Waals surface area contributed by atoms with Crippen LogP contribution in [0.1, 0.15) is 23.3 Å². The number of aliphatic hydroxyl groups excluding tert-OH is 1. The first-order valence-electron chi connectivity index (χ1n) is 5.75. The van der Waals surface area contributed by atoms with Gasteiger partial charge in [0.2, 0.25) is 0 Å². The molecule has 4 nitrogen and oxygen atoms in total. The number of hydrogen-bond donors (Lipinski definition) is 1. The van der Waals surface area contributed by atoms with Crippen LogP contribution in [0.4, 0.5) is 0 Å². The quantitative estimate of drug-likeness (QED) is 0.500. The number of nitrogens with zero attached hydrogens (tertiary/aromatic N) is 3. The van der Waals surface area contributed by atoms with Crippen LogP contribution in [0.25, 0.3) is 10.4 Å². The topological polar surface area (TPSA) is 69.0 Å². The Morgan fingerprint density at radius 3 is 2.37 bits per heavy atom. The highest BCUT2D eigenvalue weighted by Crippen LogP contribution is 2.33. The monoisotopic (exact) mass is 273 g/mol. The van der Waals surface area contributed by atoms with Crippen molar-refractivity contribution in [2.45, 2.75) is 12.1 Å². The number of azide groups is 1. The molecule has 0 amide bonds. The van der Waals surface area contributed by atoms with Crippen molar-refractivity contribution in [2.24, 2.45) is 5.11 Å². The Kier molecular flexibility index (Phi) is 4.42. The molecule has 0 bridgehead atoms. The van der Waals surface area contributed by atoms with E-state index in [-0.39, 0.29) is 0 Å². The van der Waals surface area contributed by atoms with Gasteiger partial charge in [0.05, 0.1) is 12.1 Å². The molecule has 2 rings (SSSR count). The van der Waals surface area contributed by atoms with E-state index in [0.29, 0.717) is 16.1 Å². The molecule has 0 saturated carbocycles. The molecule has 0 aliphatic carbocycles. The van der Waals surface area contributed by atoms with Gasteiger partial charge in [-0.15, -0.1) is 0 Å². The Morgan fingerprint density at radius 2 is 1.74 bits per heavy atom. The molecule has 0 heterocycles. The van der Waals surface area contributed by atoms with Gasteiger partial charge in [-0.3, -0.25) is 0 Å². The summed E-state index contributed by atoms with van der Waals surface area (Å²) >= 11 is 5.92. The van der Waals surface area contributed by atoms with E-state index in [2.05, 4.69) is 10.0 Å². The molecular weight excluding hydrogens is 262 g/mol. The van der Waals surface area contributed by atoms with Crippen molar-refractivity contribution in [2.75, 3.05) is 0 Å². The van der Waals surface area contributed by atoms with E-state index < -0.39 is 12.1 Å². The Hall–Kier alpha value is -2.00. The third kappa shape index (κ3) is 3.26. The fourth-order valence-corrected chi connectivity index (χ4v) is 2.09. The molecule has 0 aliphatic heterocycles. The van der Waals surface area contributed by atoms with Crippen LogP contribution < -0.4 is 0 Å². The lowest BCUT2D eigenvalue weighted by atomic mass is 9.96. The van der Waals surface area contributed by atoms with Gasteiger partial charge in [0, 0.05) is 9.93 Å². The Balaban J connectivity index is 2.38. The molecule has 0 radical (unpaired) electrons. The van der Waals surface area contributed by atoms with Crippen LogP contribution in [0.15, 0.2) is 59.7 Å². The molecule has 0 unspecified atom stereocenters. The van der Waals surface area contributed by atoms with Crippen LogP contribution in [0.5, 0.6) is 0 Å². The minimum Gasteiger partial charge on any atom is -0.388 e. The van der Waals surface area contributed by atoms with E-state index in [9.17, 15) is 5.11 Å². The Bertz CT molecular complexity index is 597. The van der Waals surface area contributed by atoms with E-state index >= 15 is 0 Å². The molecule has 0 aliphatic rings. The number of halogens is 1. The van der Waals surface area contributed by atoms with Gasteiger partial charge in [-0.1, -0.05) is 59.2 Å². The van der Waals surface area contributed by atoms with Crippen molar-refractivity contribution in [1.82, 2.24) is 0 Å². The van der Waals surface area contributed by atoms with E-state index in [1.807, 2.05) is 18.2 Å². The molecule has 0 spiro atoms. The van der Waals surface area contributed by atoms with Crippen LogP contribution in [-0.4, -0.2) is 5.11 Å². The van der Waals surface area contributed by atoms with Crippen molar-refractivity contribution in [1.29, 1.82) is 0 Å². The standard InChI is InChI=1S/C14H12ClN3O/c15-12-8-4-7-11(9-12)13(17-18-16)14(19)10-5-2-1-3-6-10/h1-9,13-14,19H/t13-,14+/m1/s1. The fraction of sp³-hybridized carbons (Fsp3) is 0.143. The highest BCUT2D eigenvalue weighted by molar-refractivity contribution is 6.30. The number of rotatable bonds is 4. The summed E-state index contributed by atoms with van der Waals surface area (Å²) in [6.45, 7) is 0. The summed E-state index contributed by atoms with van der Waals surface area (Å²) in [4.78, 5) is 2.81. The van der Waals surface area contributed by atoms with Gasteiger partial charge in [-0.05, 0) is 28.8 Å². The molecule has 0 saturated heterocycles. The van der Waals surface area contributed by atoms with E-state index in [1.54, 1.807) is 36.4 Å². The van der Waals surface area contributed by atoms with Crippen molar-refractivity contribution in [3.8, 4) is 0 Å².